The third-order valence-electron chi connectivity index (χ3n) is 3.72. The van der Waals surface area contributed by atoms with E-state index >= 15 is 0 Å². The van der Waals surface area contributed by atoms with Crippen LogP contribution in [-0.2, 0) is 11.3 Å². The topological polar surface area (TPSA) is 41.6 Å². The fourth-order valence-corrected chi connectivity index (χ4v) is 2.51. The molecule has 0 bridgehead atoms. The van der Waals surface area contributed by atoms with E-state index in [1.807, 2.05) is 17.0 Å². The van der Waals surface area contributed by atoms with Crippen LogP contribution in [-0.4, -0.2) is 36.5 Å². The van der Waals surface area contributed by atoms with Crippen LogP contribution < -0.4 is 10.1 Å². The Morgan fingerprint density at radius 1 is 1.33 bits per heavy atom. The summed E-state index contributed by atoms with van der Waals surface area (Å²) < 4.78 is 5.57. The number of likely N-dealkylation sites (tertiary alicyclic amines) is 1. The lowest BCUT2D eigenvalue weighted by molar-refractivity contribution is -0.127. The molecule has 2 rings (SSSR count). The number of nitrogens with one attached hydrogen (secondary N) is 1. The van der Waals surface area contributed by atoms with Gasteiger partial charge in [-0.15, -0.1) is 0 Å². The molecular formula is C17H26N2O2. The normalized spacial score (nSPS) is 16.3. The lowest BCUT2D eigenvalue weighted by Gasteiger charge is -2.21. The Bertz CT molecular complexity index is 445. The van der Waals surface area contributed by atoms with Gasteiger partial charge in [0.2, 0.25) is 5.91 Å². The quantitative estimate of drug-likeness (QED) is 0.800. The molecule has 4 heteroatoms. The van der Waals surface area contributed by atoms with Crippen LogP contribution in [0.4, 0.5) is 0 Å². The van der Waals surface area contributed by atoms with Crippen molar-refractivity contribution in [3.63, 3.8) is 0 Å². The second-order valence-electron chi connectivity index (χ2n) is 5.72. The van der Waals surface area contributed by atoms with Gasteiger partial charge in [-0.3, -0.25) is 4.79 Å². The van der Waals surface area contributed by atoms with Crippen molar-refractivity contribution in [2.24, 2.45) is 0 Å². The highest BCUT2D eigenvalue weighted by molar-refractivity contribution is 5.78. The summed E-state index contributed by atoms with van der Waals surface area (Å²) in [6.45, 7) is 7.52. The van der Waals surface area contributed by atoms with Crippen LogP contribution in [0, 0.1) is 0 Å². The van der Waals surface area contributed by atoms with Crippen molar-refractivity contribution >= 4 is 5.91 Å². The molecule has 0 spiro atoms. The van der Waals surface area contributed by atoms with Crippen molar-refractivity contribution in [3.8, 4) is 5.75 Å². The van der Waals surface area contributed by atoms with Gasteiger partial charge in [0.25, 0.3) is 0 Å². The first kappa shape index (κ1) is 15.8. The monoisotopic (exact) mass is 290 g/mol. The average molecular weight is 290 g/mol. The summed E-state index contributed by atoms with van der Waals surface area (Å²) in [6, 6.07) is 8.52. The van der Waals surface area contributed by atoms with Gasteiger partial charge < -0.3 is 15.0 Å². The molecule has 1 heterocycles. The molecule has 1 N–H and O–H groups in total. The van der Waals surface area contributed by atoms with Gasteiger partial charge in [0, 0.05) is 32.1 Å². The van der Waals surface area contributed by atoms with Gasteiger partial charge in [0.1, 0.15) is 5.75 Å². The number of benzene rings is 1. The summed E-state index contributed by atoms with van der Waals surface area (Å²) in [5.41, 5.74) is 1.23. The predicted octanol–water partition coefficient (Wildman–Crippen LogP) is 2.58. The molecule has 1 unspecified atom stereocenters. The Balaban J connectivity index is 1.73. The zero-order chi connectivity index (χ0) is 15.1. The summed E-state index contributed by atoms with van der Waals surface area (Å²) in [7, 11) is 0. The molecule has 1 aromatic carbocycles. The van der Waals surface area contributed by atoms with E-state index in [0.717, 1.165) is 44.8 Å². The number of carbonyl (C=O) groups is 1. The summed E-state index contributed by atoms with van der Waals surface area (Å²) in [5.74, 6) is 1.22. The van der Waals surface area contributed by atoms with E-state index in [2.05, 4.69) is 31.3 Å². The van der Waals surface area contributed by atoms with Crippen molar-refractivity contribution in [1.82, 2.24) is 10.2 Å². The van der Waals surface area contributed by atoms with Gasteiger partial charge in [-0.05, 0) is 37.5 Å². The van der Waals surface area contributed by atoms with Crippen LogP contribution in [0.2, 0.25) is 0 Å². The second kappa shape index (κ2) is 8.03. The Morgan fingerprint density at radius 2 is 2.10 bits per heavy atom. The van der Waals surface area contributed by atoms with Crippen LogP contribution in [0.15, 0.2) is 24.3 Å². The molecule has 0 saturated carbocycles. The van der Waals surface area contributed by atoms with E-state index in [0.29, 0.717) is 18.4 Å². The highest BCUT2D eigenvalue weighted by Gasteiger charge is 2.21. The Labute approximate surface area is 127 Å². The Hall–Kier alpha value is -1.55. The lowest BCUT2D eigenvalue weighted by atomic mass is 10.2. The summed E-state index contributed by atoms with van der Waals surface area (Å²) in [4.78, 5) is 13.5. The van der Waals surface area contributed by atoms with Gasteiger partial charge in [0.15, 0.2) is 0 Å². The molecular weight excluding hydrogens is 264 g/mol. The first-order valence-corrected chi connectivity index (χ1v) is 7.92. The Morgan fingerprint density at radius 3 is 2.71 bits per heavy atom. The largest absolute Gasteiger partial charge is 0.494 e. The molecule has 116 valence electrons. The van der Waals surface area contributed by atoms with Gasteiger partial charge in [0.05, 0.1) is 6.61 Å². The predicted molar refractivity (Wildman–Crippen MR) is 84.3 cm³/mol. The zero-order valence-corrected chi connectivity index (χ0v) is 13.1. The van der Waals surface area contributed by atoms with Crippen LogP contribution >= 0.6 is 0 Å². The van der Waals surface area contributed by atoms with Gasteiger partial charge >= 0.3 is 0 Å². The average Bonchev–Trinajstić information content (AvgIpc) is 2.89. The molecule has 0 aliphatic carbocycles. The van der Waals surface area contributed by atoms with E-state index in [1.165, 1.54) is 5.56 Å². The maximum absolute atomic E-state index is 11.6. The van der Waals surface area contributed by atoms with E-state index in [9.17, 15) is 4.79 Å². The number of carbonyl (C=O) groups excluding carboxylic acids is 1. The molecule has 1 aliphatic heterocycles. The minimum Gasteiger partial charge on any atom is -0.494 e. The maximum atomic E-state index is 11.6. The lowest BCUT2D eigenvalue weighted by Crippen LogP contribution is -2.39. The SMILES string of the molecule is CCCOc1ccc(CNC(C)CN2CCCC2=O)cc1. The van der Waals surface area contributed by atoms with Crippen LogP contribution in [0.3, 0.4) is 0 Å². The second-order valence-corrected chi connectivity index (χ2v) is 5.72. The van der Waals surface area contributed by atoms with E-state index < -0.39 is 0 Å². The standard InChI is InChI=1S/C17H26N2O2/c1-3-11-21-16-8-6-15(7-9-16)12-18-14(2)13-19-10-4-5-17(19)20/h6-9,14,18H,3-5,10-13H2,1-2H3. The number of nitrogens with zero attached hydrogens (tertiary/aromatic N) is 1. The third-order valence-corrected chi connectivity index (χ3v) is 3.72. The summed E-state index contributed by atoms with van der Waals surface area (Å²) in [5, 5.41) is 3.47. The Kier molecular flexibility index (Phi) is 6.05. The van der Waals surface area contributed by atoms with E-state index in [-0.39, 0.29) is 0 Å². The number of hydrogen-bond donors (Lipinski definition) is 1. The molecule has 0 radical (unpaired) electrons. The highest BCUT2D eigenvalue weighted by Crippen LogP contribution is 2.13. The molecule has 4 nitrogen and oxygen atoms in total. The fraction of sp³-hybridized carbons (Fsp3) is 0.588. The molecule has 1 fully saturated rings. The third kappa shape index (κ3) is 5.05. The molecule has 1 atom stereocenters. The van der Waals surface area contributed by atoms with E-state index in [1.54, 1.807) is 0 Å². The molecule has 21 heavy (non-hydrogen) atoms. The van der Waals surface area contributed by atoms with Gasteiger partial charge in [-0.2, -0.15) is 0 Å². The molecule has 1 amide bonds. The summed E-state index contributed by atoms with van der Waals surface area (Å²) >= 11 is 0. The number of ether oxygens (including phenoxy) is 1. The van der Waals surface area contributed by atoms with Crippen LogP contribution in [0.1, 0.15) is 38.7 Å². The zero-order valence-electron chi connectivity index (χ0n) is 13.1. The summed E-state index contributed by atoms with van der Waals surface area (Å²) in [6.07, 6.45) is 2.74. The first-order chi connectivity index (χ1) is 10.2. The van der Waals surface area contributed by atoms with Crippen LogP contribution in [0.25, 0.3) is 0 Å². The van der Waals surface area contributed by atoms with Crippen molar-refractivity contribution in [2.45, 2.75) is 45.7 Å². The van der Waals surface area contributed by atoms with Crippen LogP contribution in [0.5, 0.6) is 5.75 Å². The van der Waals surface area contributed by atoms with Gasteiger partial charge in [-0.1, -0.05) is 19.1 Å². The minimum atomic E-state index is 0.293. The first-order valence-electron chi connectivity index (χ1n) is 7.92. The highest BCUT2D eigenvalue weighted by atomic mass is 16.5. The number of amides is 1. The fourth-order valence-electron chi connectivity index (χ4n) is 2.51. The number of rotatable bonds is 8. The minimum absolute atomic E-state index is 0.293. The molecule has 1 aliphatic rings. The van der Waals surface area contributed by atoms with Crippen molar-refractivity contribution in [2.75, 3.05) is 19.7 Å². The van der Waals surface area contributed by atoms with Gasteiger partial charge in [-0.25, -0.2) is 0 Å². The maximum Gasteiger partial charge on any atom is 0.222 e. The molecule has 1 aromatic rings. The van der Waals surface area contributed by atoms with E-state index in [4.69, 9.17) is 4.74 Å². The molecule has 0 aromatic heterocycles. The van der Waals surface area contributed by atoms with Crippen molar-refractivity contribution in [1.29, 1.82) is 0 Å². The smallest absolute Gasteiger partial charge is 0.222 e. The molecule has 1 saturated heterocycles. The van der Waals surface area contributed by atoms with Crippen molar-refractivity contribution in [3.05, 3.63) is 29.8 Å². The number of hydrogen-bond acceptors (Lipinski definition) is 3. The van der Waals surface area contributed by atoms with Crippen molar-refractivity contribution < 1.29 is 9.53 Å².